The number of quaternary nitrogens is 1. The molecule has 3 rings (SSSR count). The minimum absolute atomic E-state index is 0.0663. The first-order valence-corrected chi connectivity index (χ1v) is 8.18. The minimum atomic E-state index is -0.393. The van der Waals surface area contributed by atoms with E-state index < -0.39 is 5.79 Å². The number of rotatable bonds is 3. The zero-order valence-electron chi connectivity index (χ0n) is 12.2. The number of anilines is 1. The van der Waals surface area contributed by atoms with Crippen molar-refractivity contribution >= 4 is 34.8 Å². The molecule has 7 heteroatoms. The second-order valence-electron chi connectivity index (χ2n) is 5.71. The van der Waals surface area contributed by atoms with Crippen LogP contribution >= 0.6 is 23.2 Å². The Morgan fingerprint density at radius 3 is 2.59 bits per heavy atom. The Balaban J connectivity index is 1.51. The monoisotopic (exact) mass is 345 g/mol. The molecule has 1 amide bonds. The predicted octanol–water partition coefficient (Wildman–Crippen LogP) is 1.35. The van der Waals surface area contributed by atoms with Gasteiger partial charge in [-0.3, -0.25) is 4.79 Å². The maximum absolute atomic E-state index is 12.2. The van der Waals surface area contributed by atoms with E-state index >= 15 is 0 Å². The average Bonchev–Trinajstić information content (AvgIpc) is 2.94. The van der Waals surface area contributed by atoms with Crippen LogP contribution in [0.25, 0.3) is 0 Å². The van der Waals surface area contributed by atoms with Gasteiger partial charge in [0.25, 0.3) is 5.91 Å². The maximum Gasteiger partial charge on any atom is 0.279 e. The Labute approximate surface area is 139 Å². The summed E-state index contributed by atoms with van der Waals surface area (Å²) in [5.41, 5.74) is 0.550. The van der Waals surface area contributed by atoms with Gasteiger partial charge in [0.1, 0.15) is 0 Å². The normalized spacial score (nSPS) is 21.2. The summed E-state index contributed by atoms with van der Waals surface area (Å²) in [6.07, 6.45) is 1.65. The number of hydrogen-bond acceptors (Lipinski definition) is 3. The third-order valence-corrected chi connectivity index (χ3v) is 4.71. The van der Waals surface area contributed by atoms with Gasteiger partial charge >= 0.3 is 0 Å². The average molecular weight is 346 g/mol. The third-order valence-electron chi connectivity index (χ3n) is 4.15. The molecule has 2 aliphatic rings. The number of amides is 1. The molecule has 2 saturated heterocycles. The molecule has 1 aromatic carbocycles. The van der Waals surface area contributed by atoms with Gasteiger partial charge in [-0.05, 0) is 18.2 Å². The molecule has 0 aromatic heterocycles. The highest BCUT2D eigenvalue weighted by molar-refractivity contribution is 6.35. The number of likely N-dealkylation sites (tertiary alicyclic amines) is 1. The fraction of sp³-hybridized carbons (Fsp3) is 0.533. The topological polar surface area (TPSA) is 52.0 Å². The quantitative estimate of drug-likeness (QED) is 0.869. The summed E-state index contributed by atoms with van der Waals surface area (Å²) in [4.78, 5) is 13.4. The van der Waals surface area contributed by atoms with Crippen LogP contribution in [0.5, 0.6) is 0 Å². The van der Waals surface area contributed by atoms with E-state index in [2.05, 4.69) is 5.32 Å². The van der Waals surface area contributed by atoms with Gasteiger partial charge in [-0.1, -0.05) is 23.2 Å². The van der Waals surface area contributed by atoms with Crippen molar-refractivity contribution in [2.24, 2.45) is 0 Å². The van der Waals surface area contributed by atoms with E-state index in [-0.39, 0.29) is 5.91 Å². The fourth-order valence-corrected chi connectivity index (χ4v) is 3.30. The van der Waals surface area contributed by atoms with Crippen molar-refractivity contribution in [2.45, 2.75) is 18.6 Å². The van der Waals surface area contributed by atoms with E-state index in [1.54, 1.807) is 18.2 Å². The van der Waals surface area contributed by atoms with Crippen LogP contribution in [0.3, 0.4) is 0 Å². The van der Waals surface area contributed by atoms with E-state index in [9.17, 15) is 4.79 Å². The number of hydrogen-bond donors (Lipinski definition) is 2. The zero-order valence-corrected chi connectivity index (χ0v) is 13.7. The fourth-order valence-electron chi connectivity index (χ4n) is 2.96. The molecular formula is C15H19Cl2N2O3+. The predicted molar refractivity (Wildman–Crippen MR) is 84.5 cm³/mol. The van der Waals surface area contributed by atoms with Gasteiger partial charge in [-0.15, -0.1) is 0 Å². The molecule has 2 fully saturated rings. The van der Waals surface area contributed by atoms with Crippen LogP contribution in [-0.2, 0) is 14.3 Å². The van der Waals surface area contributed by atoms with E-state index in [0.717, 1.165) is 25.9 Å². The Hall–Kier alpha value is -0.850. The van der Waals surface area contributed by atoms with Crippen LogP contribution in [0.15, 0.2) is 18.2 Å². The molecule has 1 spiro atoms. The molecule has 0 saturated carbocycles. The van der Waals surface area contributed by atoms with Crippen molar-refractivity contribution in [1.82, 2.24) is 0 Å². The molecule has 5 nitrogen and oxygen atoms in total. The van der Waals surface area contributed by atoms with E-state index in [4.69, 9.17) is 32.7 Å². The van der Waals surface area contributed by atoms with Gasteiger partial charge in [-0.2, -0.15) is 0 Å². The SMILES string of the molecule is O=C(C[NH+]1CCC2(CC1)OCCO2)Nc1cc(Cl)ccc1Cl. The number of piperidine rings is 1. The third kappa shape index (κ3) is 3.73. The molecular weight excluding hydrogens is 327 g/mol. The van der Waals surface area contributed by atoms with Gasteiger partial charge in [-0.25, -0.2) is 0 Å². The molecule has 0 atom stereocenters. The number of carbonyl (C=O) groups excluding carboxylic acids is 1. The Kier molecular flexibility index (Phi) is 4.90. The number of benzene rings is 1. The summed E-state index contributed by atoms with van der Waals surface area (Å²) in [6.45, 7) is 3.46. The number of carbonyl (C=O) groups is 1. The molecule has 2 N–H and O–H groups in total. The Bertz CT molecular complexity index is 552. The summed E-state index contributed by atoms with van der Waals surface area (Å²) in [6, 6.07) is 5.02. The number of nitrogens with one attached hydrogen (secondary N) is 2. The molecule has 0 unspecified atom stereocenters. The van der Waals surface area contributed by atoms with Crippen LogP contribution in [0.4, 0.5) is 5.69 Å². The van der Waals surface area contributed by atoms with Crippen LogP contribution in [0.1, 0.15) is 12.8 Å². The van der Waals surface area contributed by atoms with E-state index in [1.807, 2.05) is 0 Å². The lowest BCUT2D eigenvalue weighted by molar-refractivity contribution is -0.900. The molecule has 120 valence electrons. The standard InChI is InChI=1S/C15H18Cl2N2O3/c16-11-1-2-12(17)13(9-11)18-14(20)10-19-5-3-15(4-6-19)21-7-8-22-15/h1-2,9H,3-8,10H2,(H,18,20)/p+1. The van der Waals surface area contributed by atoms with E-state index in [1.165, 1.54) is 4.90 Å². The lowest BCUT2D eigenvalue weighted by Gasteiger charge is -2.34. The molecule has 2 heterocycles. The molecule has 0 radical (unpaired) electrons. The highest BCUT2D eigenvalue weighted by Gasteiger charge is 2.42. The first-order chi connectivity index (χ1) is 10.6. The highest BCUT2D eigenvalue weighted by atomic mass is 35.5. The Morgan fingerprint density at radius 1 is 1.23 bits per heavy atom. The van der Waals surface area contributed by atoms with E-state index in [0.29, 0.717) is 35.5 Å². The molecule has 2 aliphatic heterocycles. The second kappa shape index (κ2) is 6.72. The van der Waals surface area contributed by atoms with Gasteiger partial charge in [0, 0.05) is 5.02 Å². The van der Waals surface area contributed by atoms with Gasteiger partial charge in [0.05, 0.1) is 49.9 Å². The summed E-state index contributed by atoms with van der Waals surface area (Å²) in [5, 5.41) is 3.85. The summed E-state index contributed by atoms with van der Waals surface area (Å²) in [5.74, 6) is -0.459. The Morgan fingerprint density at radius 2 is 1.91 bits per heavy atom. The lowest BCUT2D eigenvalue weighted by atomic mass is 10.0. The maximum atomic E-state index is 12.2. The smallest absolute Gasteiger partial charge is 0.279 e. The van der Waals surface area contributed by atoms with Crippen molar-refractivity contribution in [3.63, 3.8) is 0 Å². The summed E-state index contributed by atoms with van der Waals surface area (Å²) >= 11 is 12.0. The number of halogens is 2. The molecule has 1 aromatic rings. The van der Waals surface area contributed by atoms with Crippen LogP contribution in [0.2, 0.25) is 10.0 Å². The van der Waals surface area contributed by atoms with Gasteiger partial charge in [0.2, 0.25) is 0 Å². The van der Waals surface area contributed by atoms with Crippen molar-refractivity contribution in [3.05, 3.63) is 28.2 Å². The summed E-state index contributed by atoms with van der Waals surface area (Å²) < 4.78 is 11.4. The zero-order chi connectivity index (χ0) is 15.6. The first kappa shape index (κ1) is 16.0. The van der Waals surface area contributed by atoms with Crippen molar-refractivity contribution < 1.29 is 19.2 Å². The van der Waals surface area contributed by atoms with Crippen LogP contribution < -0.4 is 10.2 Å². The molecule has 22 heavy (non-hydrogen) atoms. The van der Waals surface area contributed by atoms with Crippen LogP contribution in [-0.4, -0.2) is 44.5 Å². The minimum Gasteiger partial charge on any atom is -0.347 e. The van der Waals surface area contributed by atoms with Crippen molar-refractivity contribution in [2.75, 3.05) is 38.2 Å². The van der Waals surface area contributed by atoms with Gasteiger partial charge < -0.3 is 19.7 Å². The van der Waals surface area contributed by atoms with Crippen molar-refractivity contribution in [3.8, 4) is 0 Å². The first-order valence-electron chi connectivity index (χ1n) is 7.43. The van der Waals surface area contributed by atoms with Crippen LogP contribution in [0, 0.1) is 0 Å². The lowest BCUT2D eigenvalue weighted by Crippen LogP contribution is -3.14. The summed E-state index contributed by atoms with van der Waals surface area (Å²) in [7, 11) is 0. The van der Waals surface area contributed by atoms with Gasteiger partial charge in [0.15, 0.2) is 12.3 Å². The highest BCUT2D eigenvalue weighted by Crippen LogP contribution is 2.27. The molecule has 0 bridgehead atoms. The second-order valence-corrected chi connectivity index (χ2v) is 6.55. The molecule has 0 aliphatic carbocycles. The van der Waals surface area contributed by atoms with Crippen molar-refractivity contribution in [1.29, 1.82) is 0 Å². The number of ether oxygens (including phenoxy) is 2. The largest absolute Gasteiger partial charge is 0.347 e.